The Hall–Kier alpha value is -5.08. The molecule has 10 nitrogen and oxygen atoms in total. The molecule has 2 aromatic carbocycles. The van der Waals surface area contributed by atoms with Gasteiger partial charge in [-0.15, -0.1) is 0 Å². The van der Waals surface area contributed by atoms with Gasteiger partial charge in [0, 0.05) is 62.1 Å². The third-order valence-electron chi connectivity index (χ3n) is 8.73. The number of carboxylic acid groups (broad SMARTS) is 1. The number of carboxylic acids is 1. The maximum absolute atomic E-state index is 14.3. The van der Waals surface area contributed by atoms with E-state index in [2.05, 4.69) is 9.67 Å². The number of pyridine rings is 1. The van der Waals surface area contributed by atoms with Crippen LogP contribution in [0.25, 0.3) is 22.3 Å². The number of benzene rings is 2. The summed E-state index contributed by atoms with van der Waals surface area (Å²) in [7, 11) is 3.49. The first-order valence-electron chi connectivity index (χ1n) is 15.4. The Bertz CT molecular complexity index is 1920. The minimum absolute atomic E-state index is 0.0286. The average molecular weight is 623 g/mol. The van der Waals surface area contributed by atoms with E-state index in [4.69, 9.17) is 24.7 Å². The topological polar surface area (TPSA) is 128 Å². The standard InChI is InChI=1S/C35H35FN6O4/c1-41-13-12-30(40-41)27-18-26(35(43)44)19-31-34(27)39-32(42(31)14-15-45-2)17-22-6-9-24(10-7-22)29-4-3-5-33(38-29)46-21-25-11-8-23(20-37)16-28(25)36/h3-5,8,11-13,16,18-19,22,24H,6-7,9-10,14-15,17,21H2,1-2H3,(H,43,44)/t22-,24-. The molecule has 1 N–H and O–H groups in total. The van der Waals surface area contributed by atoms with Crippen LogP contribution in [0.3, 0.4) is 0 Å². The SMILES string of the molecule is COCCn1c(C[C@H]2CC[C@H](c3cccc(OCc4ccc(C#N)cc4F)n3)CC2)nc2c(-c3ccn(C)n3)cc(C(=O)O)cc21. The number of aryl methyl sites for hydroxylation is 1. The van der Waals surface area contributed by atoms with Gasteiger partial charge in [0.2, 0.25) is 5.88 Å². The molecule has 3 heterocycles. The van der Waals surface area contributed by atoms with Gasteiger partial charge < -0.3 is 19.1 Å². The summed E-state index contributed by atoms with van der Waals surface area (Å²) < 4.78 is 29.3. The normalized spacial score (nSPS) is 16.4. The lowest BCUT2D eigenvalue weighted by Crippen LogP contribution is -2.19. The van der Waals surface area contributed by atoms with Gasteiger partial charge >= 0.3 is 5.97 Å². The fourth-order valence-corrected chi connectivity index (χ4v) is 6.28. The van der Waals surface area contributed by atoms with Crippen LogP contribution in [0.1, 0.15) is 64.6 Å². The number of fused-ring (bicyclic) bond motifs is 1. The van der Waals surface area contributed by atoms with Crippen LogP contribution < -0.4 is 4.74 Å². The predicted molar refractivity (Wildman–Crippen MR) is 169 cm³/mol. The number of halogens is 1. The van der Waals surface area contributed by atoms with Crippen molar-refractivity contribution in [2.45, 2.75) is 51.2 Å². The van der Waals surface area contributed by atoms with Gasteiger partial charge in [-0.3, -0.25) is 4.68 Å². The Balaban J connectivity index is 1.17. The van der Waals surface area contributed by atoms with Crippen molar-refractivity contribution in [2.75, 3.05) is 13.7 Å². The Labute approximate surface area is 266 Å². The number of nitriles is 1. The van der Waals surface area contributed by atoms with Crippen molar-refractivity contribution >= 4 is 17.0 Å². The predicted octanol–water partition coefficient (Wildman–Crippen LogP) is 6.28. The molecule has 1 fully saturated rings. The van der Waals surface area contributed by atoms with Crippen LogP contribution in [0, 0.1) is 23.1 Å². The number of methoxy groups -OCH3 is 1. The Morgan fingerprint density at radius 2 is 1.93 bits per heavy atom. The van der Waals surface area contributed by atoms with E-state index in [0.29, 0.717) is 41.8 Å². The molecule has 6 rings (SSSR count). The number of aromatic nitrogens is 5. The van der Waals surface area contributed by atoms with Crippen LogP contribution >= 0.6 is 0 Å². The summed E-state index contributed by atoms with van der Waals surface area (Å²) in [4.78, 5) is 21.9. The number of ether oxygens (including phenoxy) is 2. The van der Waals surface area contributed by atoms with Gasteiger partial charge in [-0.1, -0.05) is 12.1 Å². The average Bonchev–Trinajstić information content (AvgIpc) is 3.65. The van der Waals surface area contributed by atoms with Crippen LogP contribution in [-0.4, -0.2) is 49.1 Å². The van der Waals surface area contributed by atoms with Crippen LogP contribution in [0.15, 0.2) is 60.8 Å². The molecule has 236 valence electrons. The number of hydrogen-bond acceptors (Lipinski definition) is 7. The van der Waals surface area contributed by atoms with Crippen molar-refractivity contribution in [1.82, 2.24) is 24.3 Å². The highest BCUT2D eigenvalue weighted by atomic mass is 19.1. The molecular weight excluding hydrogens is 587 g/mol. The van der Waals surface area contributed by atoms with Crippen molar-refractivity contribution in [3.8, 4) is 23.2 Å². The summed E-state index contributed by atoms with van der Waals surface area (Å²) in [6.07, 6.45) is 6.52. The lowest BCUT2D eigenvalue weighted by molar-refractivity contribution is 0.0697. The Morgan fingerprint density at radius 3 is 2.63 bits per heavy atom. The van der Waals surface area contributed by atoms with Crippen molar-refractivity contribution in [3.63, 3.8) is 0 Å². The van der Waals surface area contributed by atoms with Crippen molar-refractivity contribution in [1.29, 1.82) is 5.26 Å². The smallest absolute Gasteiger partial charge is 0.335 e. The molecule has 3 aromatic heterocycles. The zero-order valence-electron chi connectivity index (χ0n) is 25.8. The lowest BCUT2D eigenvalue weighted by atomic mass is 9.79. The first-order valence-corrected chi connectivity index (χ1v) is 15.4. The molecular formula is C35H35FN6O4. The summed E-state index contributed by atoms with van der Waals surface area (Å²) >= 11 is 0. The van der Waals surface area contributed by atoms with E-state index in [1.54, 1.807) is 42.1 Å². The molecule has 0 saturated heterocycles. The van der Waals surface area contributed by atoms with E-state index in [-0.39, 0.29) is 23.7 Å². The second-order valence-electron chi connectivity index (χ2n) is 11.8. The molecule has 0 amide bonds. The number of rotatable bonds is 11. The van der Waals surface area contributed by atoms with Crippen LogP contribution in [0.5, 0.6) is 5.88 Å². The molecule has 0 atom stereocenters. The molecule has 46 heavy (non-hydrogen) atoms. The minimum Gasteiger partial charge on any atom is -0.478 e. The summed E-state index contributed by atoms with van der Waals surface area (Å²) in [5, 5.41) is 23.4. The number of carbonyl (C=O) groups is 1. The number of hydrogen-bond donors (Lipinski definition) is 1. The van der Waals surface area contributed by atoms with E-state index >= 15 is 0 Å². The Kier molecular flexibility index (Phi) is 9.08. The highest BCUT2D eigenvalue weighted by Crippen LogP contribution is 2.38. The molecule has 1 aliphatic rings. The van der Waals surface area contributed by atoms with Crippen LogP contribution in [0.2, 0.25) is 0 Å². The van der Waals surface area contributed by atoms with Crippen molar-refractivity contribution in [3.05, 3.63) is 94.8 Å². The molecule has 0 unspecified atom stereocenters. The maximum atomic E-state index is 14.3. The maximum Gasteiger partial charge on any atom is 0.335 e. The molecule has 11 heteroatoms. The Morgan fingerprint density at radius 1 is 1.11 bits per heavy atom. The number of aromatic carboxylic acids is 1. The quantitative estimate of drug-likeness (QED) is 0.182. The van der Waals surface area contributed by atoms with Gasteiger partial charge in [-0.25, -0.2) is 19.2 Å². The molecule has 0 aliphatic heterocycles. The van der Waals surface area contributed by atoms with E-state index < -0.39 is 11.8 Å². The van der Waals surface area contributed by atoms with E-state index in [1.807, 2.05) is 37.5 Å². The summed E-state index contributed by atoms with van der Waals surface area (Å²) in [6, 6.07) is 17.2. The van der Waals surface area contributed by atoms with Gasteiger partial charge in [-0.2, -0.15) is 10.4 Å². The monoisotopic (exact) mass is 622 g/mol. The molecule has 0 spiro atoms. The van der Waals surface area contributed by atoms with E-state index in [9.17, 15) is 14.3 Å². The third-order valence-corrected chi connectivity index (χ3v) is 8.73. The van der Waals surface area contributed by atoms with Gasteiger partial charge in [0.25, 0.3) is 0 Å². The second-order valence-corrected chi connectivity index (χ2v) is 11.8. The zero-order chi connectivity index (χ0) is 32.2. The fraction of sp³-hybridized carbons (Fsp3) is 0.343. The van der Waals surface area contributed by atoms with Gasteiger partial charge in [-0.05, 0) is 68.0 Å². The van der Waals surface area contributed by atoms with Crippen LogP contribution in [-0.2, 0) is 31.4 Å². The lowest BCUT2D eigenvalue weighted by Gasteiger charge is -2.28. The van der Waals surface area contributed by atoms with Gasteiger partial charge in [0.15, 0.2) is 0 Å². The van der Waals surface area contributed by atoms with Crippen LogP contribution in [0.4, 0.5) is 4.39 Å². The number of imidazole rings is 1. The summed E-state index contributed by atoms with van der Waals surface area (Å²) in [6.45, 7) is 1.07. The molecule has 1 aliphatic carbocycles. The first-order chi connectivity index (χ1) is 22.3. The van der Waals surface area contributed by atoms with Crippen molar-refractivity contribution in [2.24, 2.45) is 13.0 Å². The van der Waals surface area contributed by atoms with Gasteiger partial charge in [0.1, 0.15) is 18.2 Å². The third kappa shape index (κ3) is 6.62. The summed E-state index contributed by atoms with van der Waals surface area (Å²) in [5.41, 5.74) is 4.68. The largest absolute Gasteiger partial charge is 0.478 e. The van der Waals surface area contributed by atoms with E-state index in [1.165, 1.54) is 6.07 Å². The summed E-state index contributed by atoms with van der Waals surface area (Å²) in [5.74, 6) is 0.582. The van der Waals surface area contributed by atoms with Gasteiger partial charge in [0.05, 0.1) is 40.5 Å². The molecule has 0 bridgehead atoms. The second kappa shape index (κ2) is 13.5. The van der Waals surface area contributed by atoms with Crippen molar-refractivity contribution < 1.29 is 23.8 Å². The van der Waals surface area contributed by atoms with E-state index in [0.717, 1.165) is 54.7 Å². The minimum atomic E-state index is -0.997. The highest BCUT2D eigenvalue weighted by Gasteiger charge is 2.27. The molecule has 0 radical (unpaired) electrons. The number of nitrogens with zero attached hydrogens (tertiary/aromatic N) is 6. The first kappa shape index (κ1) is 30.9. The highest BCUT2D eigenvalue weighted by molar-refractivity contribution is 5.99. The zero-order valence-corrected chi connectivity index (χ0v) is 25.8. The molecule has 5 aromatic rings. The fourth-order valence-electron chi connectivity index (χ4n) is 6.28. The molecule has 1 saturated carbocycles.